The molecule has 4 heteroatoms. The number of rotatable bonds is 3. The molecule has 17 heavy (non-hydrogen) atoms. The molecule has 0 fully saturated rings. The third-order valence-corrected chi connectivity index (χ3v) is 2.56. The molecule has 0 heterocycles. The van der Waals surface area contributed by atoms with Crippen LogP contribution in [0.5, 0.6) is 0 Å². The van der Waals surface area contributed by atoms with Gasteiger partial charge in [-0.3, -0.25) is 4.79 Å². The number of hydrogen-bond donors (Lipinski definition) is 2. The van der Waals surface area contributed by atoms with Gasteiger partial charge < -0.3 is 10.4 Å². The maximum atomic E-state index is 12.6. The molecule has 1 amide bonds. The molecule has 0 aromatic heterocycles. The van der Waals surface area contributed by atoms with Gasteiger partial charge >= 0.3 is 0 Å². The van der Waals surface area contributed by atoms with Crippen molar-refractivity contribution in [3.05, 3.63) is 35.6 Å². The average molecular weight is 239 g/mol. The van der Waals surface area contributed by atoms with Gasteiger partial charge in [0.25, 0.3) is 5.91 Å². The van der Waals surface area contributed by atoms with E-state index in [0.717, 1.165) is 0 Å². The van der Waals surface area contributed by atoms with Gasteiger partial charge in [0.1, 0.15) is 5.82 Å². The van der Waals surface area contributed by atoms with Gasteiger partial charge in [-0.1, -0.05) is 20.8 Å². The molecule has 0 radical (unpaired) electrons. The van der Waals surface area contributed by atoms with Crippen LogP contribution in [0.3, 0.4) is 0 Å². The molecule has 0 spiro atoms. The molecule has 1 unspecified atom stereocenters. The fraction of sp³-hybridized carbons (Fsp3) is 0.462. The summed E-state index contributed by atoms with van der Waals surface area (Å²) in [5, 5.41) is 12.4. The smallest absolute Gasteiger partial charge is 0.251 e. The molecule has 2 N–H and O–H groups in total. The Kier molecular flexibility index (Phi) is 4.23. The van der Waals surface area contributed by atoms with Crippen molar-refractivity contribution >= 4 is 5.91 Å². The molecule has 0 aliphatic carbocycles. The molecule has 0 bridgehead atoms. The zero-order valence-electron chi connectivity index (χ0n) is 10.3. The van der Waals surface area contributed by atoms with E-state index in [1.54, 1.807) is 0 Å². The highest BCUT2D eigenvalue weighted by Gasteiger charge is 2.22. The molecule has 1 aromatic carbocycles. The minimum Gasteiger partial charge on any atom is -0.391 e. The number of halogens is 1. The SMILES string of the molecule is CC(C)(C)C(O)CNC(=O)c1ccc(F)cc1. The highest BCUT2D eigenvalue weighted by molar-refractivity contribution is 5.94. The van der Waals surface area contributed by atoms with Gasteiger partial charge in [0.2, 0.25) is 0 Å². The second-order valence-corrected chi connectivity index (χ2v) is 5.10. The summed E-state index contributed by atoms with van der Waals surface area (Å²) in [6.07, 6.45) is -0.619. The lowest BCUT2D eigenvalue weighted by Gasteiger charge is -2.25. The highest BCUT2D eigenvalue weighted by atomic mass is 19.1. The normalized spacial score (nSPS) is 13.2. The minimum absolute atomic E-state index is 0.180. The largest absolute Gasteiger partial charge is 0.391 e. The molecule has 0 saturated heterocycles. The summed E-state index contributed by atoms with van der Waals surface area (Å²) >= 11 is 0. The van der Waals surface area contributed by atoms with Crippen LogP contribution in [0, 0.1) is 11.2 Å². The van der Waals surface area contributed by atoms with Gasteiger partial charge in [-0.15, -0.1) is 0 Å². The van der Waals surface area contributed by atoms with Crippen LogP contribution in [0.4, 0.5) is 4.39 Å². The third-order valence-electron chi connectivity index (χ3n) is 2.56. The Morgan fingerprint density at radius 3 is 2.35 bits per heavy atom. The number of aliphatic hydroxyl groups excluding tert-OH is 1. The molecular weight excluding hydrogens is 221 g/mol. The Hall–Kier alpha value is -1.42. The second-order valence-electron chi connectivity index (χ2n) is 5.10. The lowest BCUT2D eigenvalue weighted by molar-refractivity contribution is 0.0587. The van der Waals surface area contributed by atoms with E-state index in [1.165, 1.54) is 24.3 Å². The maximum Gasteiger partial charge on any atom is 0.251 e. The molecule has 1 aromatic rings. The van der Waals surface area contributed by atoms with Crippen molar-refractivity contribution in [2.75, 3.05) is 6.54 Å². The number of amides is 1. The summed E-state index contributed by atoms with van der Waals surface area (Å²) in [5.41, 5.74) is 0.100. The zero-order valence-corrected chi connectivity index (χ0v) is 10.3. The van der Waals surface area contributed by atoms with Gasteiger partial charge in [0, 0.05) is 12.1 Å². The Morgan fingerprint density at radius 1 is 1.35 bits per heavy atom. The highest BCUT2D eigenvalue weighted by Crippen LogP contribution is 2.18. The van der Waals surface area contributed by atoms with Crippen LogP contribution in [-0.2, 0) is 0 Å². The number of carbonyl (C=O) groups is 1. The number of carbonyl (C=O) groups excluding carboxylic acids is 1. The van der Waals surface area contributed by atoms with E-state index in [9.17, 15) is 14.3 Å². The van der Waals surface area contributed by atoms with Crippen LogP contribution in [0.1, 0.15) is 31.1 Å². The first-order valence-electron chi connectivity index (χ1n) is 5.52. The first-order valence-corrected chi connectivity index (χ1v) is 5.52. The van der Waals surface area contributed by atoms with Crippen molar-refractivity contribution in [3.63, 3.8) is 0 Å². The first kappa shape index (κ1) is 13.6. The van der Waals surface area contributed by atoms with E-state index < -0.39 is 6.10 Å². The summed E-state index contributed by atoms with van der Waals surface area (Å²) in [6.45, 7) is 5.85. The van der Waals surface area contributed by atoms with Crippen molar-refractivity contribution in [2.24, 2.45) is 5.41 Å². The molecule has 3 nitrogen and oxygen atoms in total. The zero-order chi connectivity index (χ0) is 13.1. The van der Waals surface area contributed by atoms with Crippen molar-refractivity contribution in [2.45, 2.75) is 26.9 Å². The van der Waals surface area contributed by atoms with E-state index in [2.05, 4.69) is 5.32 Å². The number of aliphatic hydroxyl groups is 1. The van der Waals surface area contributed by atoms with E-state index >= 15 is 0 Å². The van der Waals surface area contributed by atoms with Crippen LogP contribution in [0.25, 0.3) is 0 Å². The number of nitrogens with one attached hydrogen (secondary N) is 1. The van der Waals surface area contributed by atoms with Gasteiger partial charge in [-0.2, -0.15) is 0 Å². The van der Waals surface area contributed by atoms with E-state index in [0.29, 0.717) is 5.56 Å². The molecule has 1 rings (SSSR count). The monoisotopic (exact) mass is 239 g/mol. The topological polar surface area (TPSA) is 49.3 Å². The summed E-state index contributed by atoms with van der Waals surface area (Å²) < 4.78 is 12.6. The van der Waals surface area contributed by atoms with Crippen LogP contribution >= 0.6 is 0 Å². The van der Waals surface area contributed by atoms with Crippen LogP contribution < -0.4 is 5.32 Å². The summed E-state index contributed by atoms with van der Waals surface area (Å²) in [6, 6.07) is 5.28. The molecule has 0 aliphatic rings. The molecule has 0 aliphatic heterocycles. The minimum atomic E-state index is -0.619. The Balaban J connectivity index is 2.53. The van der Waals surface area contributed by atoms with Gasteiger partial charge in [0.15, 0.2) is 0 Å². The number of hydrogen-bond acceptors (Lipinski definition) is 2. The Bertz CT molecular complexity index is 381. The van der Waals surface area contributed by atoms with Crippen molar-refractivity contribution in [1.29, 1.82) is 0 Å². The first-order chi connectivity index (χ1) is 7.80. The Morgan fingerprint density at radius 2 is 1.88 bits per heavy atom. The fourth-order valence-electron chi connectivity index (χ4n) is 1.20. The van der Waals surface area contributed by atoms with E-state index in [4.69, 9.17) is 0 Å². The van der Waals surface area contributed by atoms with Gasteiger partial charge in [-0.05, 0) is 29.7 Å². The molecule has 1 atom stereocenters. The van der Waals surface area contributed by atoms with Crippen molar-refractivity contribution in [3.8, 4) is 0 Å². The average Bonchev–Trinajstić information content (AvgIpc) is 2.25. The van der Waals surface area contributed by atoms with Crippen LogP contribution in [0.2, 0.25) is 0 Å². The standard InChI is InChI=1S/C13H18FNO2/c1-13(2,3)11(16)8-15-12(17)9-4-6-10(14)7-5-9/h4-7,11,16H,8H2,1-3H3,(H,15,17). The van der Waals surface area contributed by atoms with Crippen LogP contribution in [-0.4, -0.2) is 23.7 Å². The summed E-state index contributed by atoms with van der Waals surface area (Å²) in [7, 11) is 0. The van der Waals surface area contributed by atoms with Gasteiger partial charge in [-0.25, -0.2) is 4.39 Å². The molecule has 94 valence electrons. The lowest BCUT2D eigenvalue weighted by atomic mass is 9.89. The third kappa shape index (κ3) is 4.15. The summed E-state index contributed by atoms with van der Waals surface area (Å²) in [4.78, 5) is 11.6. The molecular formula is C13H18FNO2. The maximum absolute atomic E-state index is 12.6. The fourth-order valence-corrected chi connectivity index (χ4v) is 1.20. The van der Waals surface area contributed by atoms with E-state index in [1.807, 2.05) is 20.8 Å². The van der Waals surface area contributed by atoms with Crippen molar-refractivity contribution < 1.29 is 14.3 Å². The number of benzene rings is 1. The molecule has 0 saturated carbocycles. The van der Waals surface area contributed by atoms with E-state index in [-0.39, 0.29) is 23.7 Å². The van der Waals surface area contributed by atoms with Gasteiger partial charge in [0.05, 0.1) is 6.10 Å². The Labute approximate surface area is 101 Å². The van der Waals surface area contributed by atoms with Crippen LogP contribution in [0.15, 0.2) is 24.3 Å². The second kappa shape index (κ2) is 5.27. The van der Waals surface area contributed by atoms with Crippen molar-refractivity contribution in [1.82, 2.24) is 5.32 Å². The predicted octanol–water partition coefficient (Wildman–Crippen LogP) is 1.96. The quantitative estimate of drug-likeness (QED) is 0.847. The summed E-state index contributed by atoms with van der Waals surface area (Å²) in [5.74, 6) is -0.690. The predicted molar refractivity (Wildman–Crippen MR) is 64.2 cm³/mol. The lowest BCUT2D eigenvalue weighted by Crippen LogP contribution is -2.39.